The summed E-state index contributed by atoms with van der Waals surface area (Å²) in [6, 6.07) is 12.8. The molecule has 0 aliphatic heterocycles. The van der Waals surface area contributed by atoms with Gasteiger partial charge in [-0.05, 0) is 58.4 Å². The fourth-order valence-corrected chi connectivity index (χ4v) is 2.80. The third-order valence-electron chi connectivity index (χ3n) is 3.43. The normalized spacial score (nSPS) is 12.7. The first kappa shape index (κ1) is 16.4. The lowest BCUT2D eigenvalue weighted by molar-refractivity contribution is 0.241. The van der Waals surface area contributed by atoms with Gasteiger partial charge in [0.1, 0.15) is 5.82 Å². The van der Waals surface area contributed by atoms with Gasteiger partial charge in [0.15, 0.2) is 0 Å². The van der Waals surface area contributed by atoms with Crippen LogP contribution in [0, 0.1) is 5.82 Å². The maximum atomic E-state index is 13.3. The van der Waals surface area contributed by atoms with Crippen molar-refractivity contribution in [3.05, 3.63) is 68.9 Å². The highest BCUT2D eigenvalue weighted by atomic mass is 79.9. The van der Waals surface area contributed by atoms with Gasteiger partial charge in [-0.2, -0.15) is 0 Å². The van der Waals surface area contributed by atoms with Crippen molar-refractivity contribution >= 4 is 27.5 Å². The molecule has 0 radical (unpaired) electrons. The molecule has 0 saturated carbocycles. The third kappa shape index (κ3) is 4.27. The Labute approximate surface area is 137 Å². The van der Waals surface area contributed by atoms with Crippen molar-refractivity contribution in [3.8, 4) is 0 Å². The van der Waals surface area contributed by atoms with Gasteiger partial charge in [-0.15, -0.1) is 0 Å². The van der Waals surface area contributed by atoms with Crippen molar-refractivity contribution in [1.82, 2.24) is 4.90 Å². The predicted octanol–water partition coefficient (Wildman–Crippen LogP) is 4.37. The van der Waals surface area contributed by atoms with Gasteiger partial charge in [0.25, 0.3) is 0 Å². The Morgan fingerprint density at radius 3 is 2.48 bits per heavy atom. The van der Waals surface area contributed by atoms with E-state index in [1.807, 2.05) is 31.3 Å². The van der Waals surface area contributed by atoms with Gasteiger partial charge in [0.05, 0.1) is 4.47 Å². The van der Waals surface area contributed by atoms with Crippen LogP contribution in [0.4, 0.5) is 4.39 Å². The fourth-order valence-electron chi connectivity index (χ4n) is 2.28. The van der Waals surface area contributed by atoms with Crippen LogP contribution in [0.25, 0.3) is 0 Å². The number of likely N-dealkylation sites (N-methyl/N-ethyl adjacent to an activating group) is 1. The molecule has 2 rings (SSSR count). The molecule has 2 nitrogen and oxygen atoms in total. The average Bonchev–Trinajstić information content (AvgIpc) is 2.46. The number of nitrogens with two attached hydrogens (primary N) is 1. The van der Waals surface area contributed by atoms with Crippen LogP contribution in [0.5, 0.6) is 0 Å². The number of hydrogen-bond acceptors (Lipinski definition) is 2. The van der Waals surface area contributed by atoms with E-state index in [2.05, 4.69) is 20.8 Å². The van der Waals surface area contributed by atoms with Crippen molar-refractivity contribution < 1.29 is 4.39 Å². The quantitative estimate of drug-likeness (QED) is 0.845. The lowest BCUT2D eigenvalue weighted by Gasteiger charge is -2.27. The van der Waals surface area contributed by atoms with E-state index in [4.69, 9.17) is 17.3 Å². The SMILES string of the molecule is CN(Cc1ccc(Cl)cc1)C(CN)c1ccc(F)c(Br)c1. The third-order valence-corrected chi connectivity index (χ3v) is 4.29. The van der Waals surface area contributed by atoms with E-state index in [0.29, 0.717) is 11.0 Å². The molecule has 0 heterocycles. The van der Waals surface area contributed by atoms with Gasteiger partial charge in [-0.25, -0.2) is 4.39 Å². The minimum absolute atomic E-state index is 0.0255. The molecule has 1 unspecified atom stereocenters. The molecule has 5 heteroatoms. The molecule has 2 N–H and O–H groups in total. The van der Waals surface area contributed by atoms with Gasteiger partial charge in [-0.1, -0.05) is 29.8 Å². The number of nitrogens with zero attached hydrogens (tertiary/aromatic N) is 1. The Hall–Kier alpha value is -0.940. The summed E-state index contributed by atoms with van der Waals surface area (Å²) >= 11 is 9.11. The zero-order valence-electron chi connectivity index (χ0n) is 11.7. The summed E-state index contributed by atoms with van der Waals surface area (Å²) in [5.74, 6) is -0.269. The highest BCUT2D eigenvalue weighted by molar-refractivity contribution is 9.10. The molecule has 2 aromatic rings. The van der Waals surface area contributed by atoms with Crippen LogP contribution < -0.4 is 5.73 Å². The van der Waals surface area contributed by atoms with Crippen molar-refractivity contribution in [2.45, 2.75) is 12.6 Å². The van der Waals surface area contributed by atoms with Crippen LogP contribution in [-0.2, 0) is 6.54 Å². The topological polar surface area (TPSA) is 29.3 Å². The maximum absolute atomic E-state index is 13.3. The summed E-state index contributed by atoms with van der Waals surface area (Å²) in [7, 11) is 2.00. The molecule has 0 aliphatic carbocycles. The minimum Gasteiger partial charge on any atom is -0.329 e. The lowest BCUT2D eigenvalue weighted by atomic mass is 10.0. The minimum atomic E-state index is -0.269. The first-order chi connectivity index (χ1) is 10.0. The van der Waals surface area contributed by atoms with Crippen LogP contribution in [-0.4, -0.2) is 18.5 Å². The summed E-state index contributed by atoms with van der Waals surface area (Å²) in [5.41, 5.74) is 8.04. The Bertz CT molecular complexity index is 604. The van der Waals surface area contributed by atoms with Crippen LogP contribution in [0.2, 0.25) is 5.02 Å². The lowest BCUT2D eigenvalue weighted by Crippen LogP contribution is -2.30. The first-order valence-electron chi connectivity index (χ1n) is 6.61. The Balaban J connectivity index is 2.15. The molecule has 0 spiro atoms. The van der Waals surface area contributed by atoms with Gasteiger partial charge in [0, 0.05) is 24.2 Å². The summed E-state index contributed by atoms with van der Waals surface area (Å²) in [6.45, 7) is 1.20. The van der Waals surface area contributed by atoms with E-state index in [1.165, 1.54) is 6.07 Å². The highest BCUT2D eigenvalue weighted by Gasteiger charge is 2.17. The summed E-state index contributed by atoms with van der Waals surface area (Å²) in [6.07, 6.45) is 0. The number of benzene rings is 2. The molecule has 0 bridgehead atoms. The number of halogens is 3. The largest absolute Gasteiger partial charge is 0.329 e. The number of rotatable bonds is 5. The molecule has 0 aliphatic rings. The van der Waals surface area contributed by atoms with E-state index in [9.17, 15) is 4.39 Å². The van der Waals surface area contributed by atoms with E-state index in [1.54, 1.807) is 12.1 Å². The highest BCUT2D eigenvalue weighted by Crippen LogP contribution is 2.25. The van der Waals surface area contributed by atoms with Gasteiger partial charge in [-0.3, -0.25) is 4.90 Å². The maximum Gasteiger partial charge on any atom is 0.137 e. The Kier molecular flexibility index (Phi) is 5.76. The Morgan fingerprint density at radius 2 is 1.90 bits per heavy atom. The zero-order chi connectivity index (χ0) is 15.4. The molecule has 21 heavy (non-hydrogen) atoms. The standard InChI is InChI=1S/C16H17BrClFN2/c1-21(10-11-2-5-13(18)6-3-11)16(9-20)12-4-7-15(19)14(17)8-12/h2-8,16H,9-10,20H2,1H3. The molecule has 0 fully saturated rings. The van der Waals surface area contributed by atoms with E-state index in [-0.39, 0.29) is 11.9 Å². The summed E-state index contributed by atoms with van der Waals surface area (Å²) in [5, 5.41) is 0.722. The van der Waals surface area contributed by atoms with E-state index in [0.717, 1.165) is 22.7 Å². The van der Waals surface area contributed by atoms with Gasteiger partial charge in [0.2, 0.25) is 0 Å². The van der Waals surface area contributed by atoms with Crippen LogP contribution in [0.1, 0.15) is 17.2 Å². The van der Waals surface area contributed by atoms with Crippen LogP contribution >= 0.6 is 27.5 Å². The smallest absolute Gasteiger partial charge is 0.137 e. The molecule has 0 aromatic heterocycles. The molecule has 112 valence electrons. The average molecular weight is 372 g/mol. The van der Waals surface area contributed by atoms with Crippen LogP contribution in [0.15, 0.2) is 46.9 Å². The zero-order valence-corrected chi connectivity index (χ0v) is 14.0. The molecule has 0 amide bonds. The molecular weight excluding hydrogens is 355 g/mol. The molecule has 0 saturated heterocycles. The van der Waals surface area contributed by atoms with Crippen molar-refractivity contribution in [1.29, 1.82) is 0 Å². The molecule has 2 aromatic carbocycles. The molecular formula is C16H17BrClFN2. The molecule has 1 atom stereocenters. The van der Waals surface area contributed by atoms with E-state index < -0.39 is 0 Å². The van der Waals surface area contributed by atoms with Gasteiger partial charge < -0.3 is 5.73 Å². The fraction of sp³-hybridized carbons (Fsp3) is 0.250. The van der Waals surface area contributed by atoms with E-state index >= 15 is 0 Å². The first-order valence-corrected chi connectivity index (χ1v) is 7.78. The second-order valence-electron chi connectivity index (χ2n) is 4.97. The number of hydrogen-bond donors (Lipinski definition) is 1. The van der Waals surface area contributed by atoms with Crippen molar-refractivity contribution in [2.24, 2.45) is 5.73 Å². The Morgan fingerprint density at radius 1 is 1.24 bits per heavy atom. The van der Waals surface area contributed by atoms with Gasteiger partial charge >= 0.3 is 0 Å². The second kappa shape index (κ2) is 7.36. The summed E-state index contributed by atoms with van der Waals surface area (Å²) in [4.78, 5) is 2.14. The van der Waals surface area contributed by atoms with Crippen molar-refractivity contribution in [2.75, 3.05) is 13.6 Å². The van der Waals surface area contributed by atoms with Crippen molar-refractivity contribution in [3.63, 3.8) is 0 Å². The van der Waals surface area contributed by atoms with Crippen LogP contribution in [0.3, 0.4) is 0 Å². The monoisotopic (exact) mass is 370 g/mol. The predicted molar refractivity (Wildman–Crippen MR) is 88.8 cm³/mol. The summed E-state index contributed by atoms with van der Waals surface area (Å²) < 4.78 is 13.8. The second-order valence-corrected chi connectivity index (χ2v) is 6.26.